The topological polar surface area (TPSA) is 0 Å². The van der Waals surface area contributed by atoms with E-state index in [1.807, 2.05) is 0 Å². The second kappa shape index (κ2) is 5.52. The van der Waals surface area contributed by atoms with Gasteiger partial charge in [-0.2, -0.15) is 0 Å². The first-order chi connectivity index (χ1) is 10.1. The minimum Gasteiger partial charge on any atom is -0.126 e. The summed E-state index contributed by atoms with van der Waals surface area (Å²) in [5.74, 6) is 0. The van der Waals surface area contributed by atoms with Crippen molar-refractivity contribution in [1.29, 1.82) is 0 Å². The average molecular weight is 351 g/mol. The lowest BCUT2D eigenvalue weighted by Crippen LogP contribution is -2.55. The van der Waals surface area contributed by atoms with E-state index >= 15 is 0 Å². The molecule has 0 aliphatic carbocycles. The SMILES string of the molecule is C#C[Si](C)(c1ccc(Br)cc1)c1cccc2ccccc12. The lowest BCUT2D eigenvalue weighted by molar-refractivity contribution is 1.67. The molecule has 0 aliphatic heterocycles. The molecule has 0 aromatic heterocycles. The second-order valence-electron chi connectivity index (χ2n) is 5.30. The lowest BCUT2D eigenvalue weighted by atomic mass is 10.1. The van der Waals surface area contributed by atoms with Gasteiger partial charge in [-0.3, -0.25) is 0 Å². The molecular formula is C19H15BrSi. The first-order valence-electron chi connectivity index (χ1n) is 6.87. The fraction of sp³-hybridized carbons (Fsp3) is 0.0526. The molecule has 102 valence electrons. The van der Waals surface area contributed by atoms with Crippen LogP contribution in [0.5, 0.6) is 0 Å². The number of terminal acetylenes is 1. The predicted octanol–water partition coefficient (Wildman–Crippen LogP) is 3.97. The van der Waals surface area contributed by atoms with Gasteiger partial charge in [0.05, 0.1) is 0 Å². The number of hydrogen-bond donors (Lipinski definition) is 0. The van der Waals surface area contributed by atoms with E-state index in [2.05, 4.69) is 94.8 Å². The molecule has 0 fully saturated rings. The molecule has 0 bridgehead atoms. The van der Waals surface area contributed by atoms with Crippen molar-refractivity contribution in [2.45, 2.75) is 6.55 Å². The van der Waals surface area contributed by atoms with Gasteiger partial charge in [0.25, 0.3) is 0 Å². The highest BCUT2D eigenvalue weighted by atomic mass is 79.9. The van der Waals surface area contributed by atoms with Gasteiger partial charge in [-0.05, 0) is 33.3 Å². The van der Waals surface area contributed by atoms with Crippen LogP contribution in [0.4, 0.5) is 0 Å². The normalized spacial score (nSPS) is 13.6. The molecule has 3 rings (SSSR count). The fourth-order valence-corrected chi connectivity index (χ4v) is 5.69. The smallest absolute Gasteiger partial charge is 0.126 e. The standard InChI is InChI=1S/C19H15BrSi/c1-3-21(2,17-13-11-16(20)12-14-17)19-10-6-8-15-7-4-5-9-18(15)19/h1,4-14H,2H3. The Hall–Kier alpha value is -1.82. The van der Waals surface area contributed by atoms with E-state index in [0.29, 0.717) is 0 Å². The van der Waals surface area contributed by atoms with Crippen molar-refractivity contribution in [3.05, 3.63) is 71.2 Å². The lowest BCUT2D eigenvalue weighted by Gasteiger charge is -2.24. The Labute approximate surface area is 135 Å². The first kappa shape index (κ1) is 14.1. The summed E-state index contributed by atoms with van der Waals surface area (Å²) in [4.78, 5) is 0. The molecule has 3 aromatic carbocycles. The number of rotatable bonds is 2. The average Bonchev–Trinajstić information content (AvgIpc) is 2.54. The summed E-state index contributed by atoms with van der Waals surface area (Å²) < 4.78 is 1.08. The molecule has 0 amide bonds. The Balaban J connectivity index is 2.27. The minimum absolute atomic E-state index is 1.08. The van der Waals surface area contributed by atoms with Crippen LogP contribution in [0.15, 0.2) is 71.2 Å². The Kier molecular flexibility index (Phi) is 3.71. The molecule has 1 unspecified atom stereocenters. The van der Waals surface area contributed by atoms with Crippen LogP contribution >= 0.6 is 15.9 Å². The monoisotopic (exact) mass is 350 g/mol. The molecule has 0 saturated heterocycles. The van der Waals surface area contributed by atoms with Crippen molar-refractivity contribution < 1.29 is 0 Å². The van der Waals surface area contributed by atoms with E-state index in [0.717, 1.165) is 4.47 Å². The zero-order chi connectivity index (χ0) is 14.9. The van der Waals surface area contributed by atoms with Gasteiger partial charge in [0, 0.05) is 4.47 Å². The predicted molar refractivity (Wildman–Crippen MR) is 97.8 cm³/mol. The van der Waals surface area contributed by atoms with Crippen LogP contribution in [-0.2, 0) is 0 Å². The van der Waals surface area contributed by atoms with Crippen molar-refractivity contribution >= 4 is 45.1 Å². The van der Waals surface area contributed by atoms with Gasteiger partial charge in [0.15, 0.2) is 8.07 Å². The molecule has 2 heteroatoms. The molecule has 0 saturated carbocycles. The zero-order valence-electron chi connectivity index (χ0n) is 11.8. The van der Waals surface area contributed by atoms with Crippen LogP contribution in [0.1, 0.15) is 0 Å². The van der Waals surface area contributed by atoms with Gasteiger partial charge in [-0.1, -0.05) is 77.1 Å². The maximum atomic E-state index is 6.00. The first-order valence-corrected chi connectivity index (χ1v) is 10.2. The van der Waals surface area contributed by atoms with Crippen molar-refractivity contribution in [2.24, 2.45) is 0 Å². The van der Waals surface area contributed by atoms with Crippen LogP contribution in [0.2, 0.25) is 6.55 Å². The van der Waals surface area contributed by atoms with Gasteiger partial charge >= 0.3 is 0 Å². The van der Waals surface area contributed by atoms with Crippen LogP contribution < -0.4 is 10.4 Å². The molecule has 3 aromatic rings. The zero-order valence-corrected chi connectivity index (χ0v) is 14.4. The van der Waals surface area contributed by atoms with Gasteiger partial charge in [0.1, 0.15) is 0 Å². The molecule has 1 atom stereocenters. The fourth-order valence-electron chi connectivity index (χ4n) is 2.76. The quantitative estimate of drug-likeness (QED) is 0.484. The summed E-state index contributed by atoms with van der Waals surface area (Å²) >= 11 is 3.49. The summed E-state index contributed by atoms with van der Waals surface area (Å²) in [5.41, 5.74) is 3.15. The van der Waals surface area contributed by atoms with Crippen molar-refractivity contribution in [3.8, 4) is 12.0 Å². The van der Waals surface area contributed by atoms with Crippen LogP contribution in [0, 0.1) is 12.0 Å². The van der Waals surface area contributed by atoms with Crippen LogP contribution in [0.3, 0.4) is 0 Å². The molecular weight excluding hydrogens is 336 g/mol. The van der Waals surface area contributed by atoms with E-state index in [4.69, 9.17) is 6.42 Å². The molecule has 0 radical (unpaired) electrons. The van der Waals surface area contributed by atoms with Crippen molar-refractivity contribution in [2.75, 3.05) is 0 Å². The number of benzene rings is 3. The number of fused-ring (bicyclic) bond motifs is 1. The van der Waals surface area contributed by atoms with Gasteiger partial charge in [-0.25, -0.2) is 0 Å². The Morgan fingerprint density at radius 2 is 1.57 bits per heavy atom. The van der Waals surface area contributed by atoms with E-state index in [1.165, 1.54) is 21.1 Å². The third kappa shape index (κ3) is 2.44. The molecule has 0 N–H and O–H groups in total. The second-order valence-corrected chi connectivity index (χ2v) is 9.87. The Morgan fingerprint density at radius 1 is 0.905 bits per heavy atom. The van der Waals surface area contributed by atoms with Crippen LogP contribution in [-0.4, -0.2) is 8.07 Å². The summed E-state index contributed by atoms with van der Waals surface area (Å²) in [6.07, 6.45) is 6.00. The van der Waals surface area contributed by atoms with Gasteiger partial charge < -0.3 is 0 Å². The highest BCUT2D eigenvalue weighted by molar-refractivity contribution is 9.10. The third-order valence-corrected chi connectivity index (χ3v) is 8.15. The van der Waals surface area contributed by atoms with E-state index in [-0.39, 0.29) is 0 Å². The maximum absolute atomic E-state index is 6.00. The Bertz CT molecular complexity index is 825. The van der Waals surface area contributed by atoms with E-state index in [1.54, 1.807) is 0 Å². The molecule has 0 nitrogen and oxygen atoms in total. The minimum atomic E-state index is -2.16. The summed E-state index contributed by atoms with van der Waals surface area (Å²) in [7, 11) is -2.16. The highest BCUT2D eigenvalue weighted by Crippen LogP contribution is 2.16. The molecule has 21 heavy (non-hydrogen) atoms. The summed E-state index contributed by atoms with van der Waals surface area (Å²) in [6, 6.07) is 23.4. The van der Waals surface area contributed by atoms with Gasteiger partial charge in [0.2, 0.25) is 0 Å². The number of halogens is 1. The molecule has 0 heterocycles. The summed E-state index contributed by atoms with van der Waals surface area (Å²) in [5, 5.41) is 5.10. The number of hydrogen-bond acceptors (Lipinski definition) is 0. The van der Waals surface area contributed by atoms with Crippen molar-refractivity contribution in [1.82, 2.24) is 0 Å². The van der Waals surface area contributed by atoms with Crippen LogP contribution in [0.25, 0.3) is 10.8 Å². The third-order valence-electron chi connectivity index (χ3n) is 4.04. The molecule has 0 aliphatic rings. The highest BCUT2D eigenvalue weighted by Gasteiger charge is 2.31. The van der Waals surface area contributed by atoms with Crippen molar-refractivity contribution in [3.63, 3.8) is 0 Å². The van der Waals surface area contributed by atoms with E-state index < -0.39 is 8.07 Å². The van der Waals surface area contributed by atoms with E-state index in [9.17, 15) is 0 Å². The summed E-state index contributed by atoms with van der Waals surface area (Å²) in [6.45, 7) is 2.25. The van der Waals surface area contributed by atoms with Gasteiger partial charge in [-0.15, -0.1) is 12.0 Å². The molecule has 0 spiro atoms. The maximum Gasteiger partial charge on any atom is 0.196 e. The largest absolute Gasteiger partial charge is 0.196 e. The Morgan fingerprint density at radius 3 is 2.29 bits per heavy atom.